The topological polar surface area (TPSA) is 127 Å². The Kier molecular flexibility index (Phi) is 11.8. The van der Waals surface area contributed by atoms with Crippen LogP contribution in [0, 0.1) is 11.8 Å². The zero-order valence-electron chi connectivity index (χ0n) is 29.9. The summed E-state index contributed by atoms with van der Waals surface area (Å²) in [7, 11) is -4.22. The Morgan fingerprint density at radius 1 is 1.08 bits per heavy atom. The number of ether oxygens (including phenoxy) is 3. The Hall–Kier alpha value is -3.32. The molecule has 2 amide bonds. The number of amides is 2. The quantitative estimate of drug-likeness (QED) is 0.374. The fourth-order valence-electron chi connectivity index (χ4n) is 7.58. The first-order valence-corrected chi connectivity index (χ1v) is 20.1. The third-order valence-electron chi connectivity index (χ3n) is 11.0. The molecule has 2 aromatic carbocycles. The van der Waals surface area contributed by atoms with Crippen molar-refractivity contribution in [3.63, 3.8) is 0 Å². The van der Waals surface area contributed by atoms with E-state index in [0.717, 1.165) is 56.1 Å². The third kappa shape index (κ3) is 8.84. The summed E-state index contributed by atoms with van der Waals surface area (Å²) in [4.78, 5) is 31.1. The highest BCUT2D eigenvalue weighted by Crippen LogP contribution is 2.42. The van der Waals surface area contributed by atoms with Crippen molar-refractivity contribution in [1.82, 2.24) is 14.9 Å². The molecule has 0 radical (unpaired) electrons. The van der Waals surface area contributed by atoms with Gasteiger partial charge in [0, 0.05) is 49.8 Å². The van der Waals surface area contributed by atoms with Gasteiger partial charge in [0.15, 0.2) is 0 Å². The second-order valence-corrected chi connectivity index (χ2v) is 16.7. The number of rotatable bonds is 3. The van der Waals surface area contributed by atoms with E-state index in [1.54, 1.807) is 26.0 Å². The van der Waals surface area contributed by atoms with E-state index in [9.17, 15) is 18.0 Å². The fraction of sp³-hybridized carbons (Fsp3) is 0.579. The van der Waals surface area contributed by atoms with Crippen molar-refractivity contribution in [3.05, 3.63) is 64.7 Å². The molecule has 2 aromatic rings. The number of anilines is 1. The van der Waals surface area contributed by atoms with Crippen LogP contribution in [-0.4, -0.2) is 82.4 Å². The van der Waals surface area contributed by atoms with Gasteiger partial charge in [-0.05, 0) is 119 Å². The van der Waals surface area contributed by atoms with Crippen LogP contribution >= 0.6 is 11.6 Å². The molecule has 4 aliphatic rings. The first-order chi connectivity index (χ1) is 24.4. The highest BCUT2D eigenvalue weighted by Gasteiger charge is 2.41. The SMILES string of the molecule is CCN1C/C=C/[C@H](OC(=O)NC2CCOCC2)[C@@H]2CC[C@H]2CN2CCCCc3cc(Cl)ccc3COc3ccc(cc32)S(=O)(=O)NC(=O)C1(C)C. The largest absolute Gasteiger partial charge is 0.487 e. The highest BCUT2D eigenvalue weighted by atomic mass is 35.5. The molecular formula is C38H51ClN4O7S. The molecule has 3 heterocycles. The third-order valence-corrected chi connectivity index (χ3v) is 12.6. The zero-order valence-corrected chi connectivity index (χ0v) is 31.4. The minimum atomic E-state index is -4.22. The second-order valence-electron chi connectivity index (χ2n) is 14.6. The maximum atomic E-state index is 13.8. The summed E-state index contributed by atoms with van der Waals surface area (Å²) < 4.78 is 48.1. The molecule has 1 saturated carbocycles. The summed E-state index contributed by atoms with van der Waals surface area (Å²) in [5.41, 5.74) is 1.66. The number of carbonyl (C=O) groups is 2. The molecule has 0 aromatic heterocycles. The molecule has 278 valence electrons. The number of nitrogens with zero attached hydrogens (tertiary/aromatic N) is 2. The molecule has 2 bridgehead atoms. The normalized spacial score (nSPS) is 26.5. The van der Waals surface area contributed by atoms with Gasteiger partial charge in [0.05, 0.1) is 16.1 Å². The minimum absolute atomic E-state index is 0.00718. The number of nitrogens with one attached hydrogen (secondary N) is 2. The number of hydrogen-bond donors (Lipinski definition) is 2. The molecule has 1 saturated heterocycles. The predicted octanol–water partition coefficient (Wildman–Crippen LogP) is 5.84. The average molecular weight is 743 g/mol. The van der Waals surface area contributed by atoms with Gasteiger partial charge in [-0.25, -0.2) is 17.9 Å². The van der Waals surface area contributed by atoms with Gasteiger partial charge in [-0.2, -0.15) is 0 Å². The lowest BCUT2D eigenvalue weighted by Crippen LogP contribution is -2.56. The van der Waals surface area contributed by atoms with Crippen LogP contribution in [0.1, 0.15) is 70.4 Å². The second kappa shape index (κ2) is 16.1. The number of hydrogen-bond acceptors (Lipinski definition) is 9. The predicted molar refractivity (Wildman–Crippen MR) is 197 cm³/mol. The van der Waals surface area contributed by atoms with E-state index in [1.807, 2.05) is 42.2 Å². The van der Waals surface area contributed by atoms with E-state index < -0.39 is 33.7 Å². The molecule has 6 rings (SSSR count). The van der Waals surface area contributed by atoms with E-state index in [0.29, 0.717) is 62.5 Å². The van der Waals surface area contributed by atoms with Crippen LogP contribution < -0.4 is 19.7 Å². The van der Waals surface area contributed by atoms with Crippen LogP contribution in [-0.2, 0) is 37.3 Å². The van der Waals surface area contributed by atoms with Crippen LogP contribution in [0.5, 0.6) is 5.75 Å². The number of aryl methyl sites for hydroxylation is 1. The van der Waals surface area contributed by atoms with Crippen LogP contribution in [0.4, 0.5) is 10.5 Å². The summed E-state index contributed by atoms with van der Waals surface area (Å²) in [6.45, 7) is 9.02. The van der Waals surface area contributed by atoms with Crippen molar-refractivity contribution < 1.29 is 32.2 Å². The fourth-order valence-corrected chi connectivity index (χ4v) is 8.90. The first kappa shape index (κ1) is 37.4. The van der Waals surface area contributed by atoms with E-state index in [-0.39, 0.29) is 22.8 Å². The molecular weight excluding hydrogens is 692 g/mol. The maximum Gasteiger partial charge on any atom is 0.407 e. The lowest BCUT2D eigenvalue weighted by Gasteiger charge is -2.44. The van der Waals surface area contributed by atoms with Gasteiger partial charge in [0.25, 0.3) is 15.9 Å². The number of fused-ring (bicyclic) bond motifs is 3. The lowest BCUT2D eigenvalue weighted by molar-refractivity contribution is -0.129. The van der Waals surface area contributed by atoms with Crippen LogP contribution in [0.15, 0.2) is 53.4 Å². The molecule has 3 atom stereocenters. The summed E-state index contributed by atoms with van der Waals surface area (Å²) in [6, 6.07) is 10.7. The molecule has 0 unspecified atom stereocenters. The van der Waals surface area contributed by atoms with Crippen molar-refractivity contribution in [2.45, 2.75) is 94.9 Å². The first-order valence-electron chi connectivity index (χ1n) is 18.3. The molecule has 0 spiro atoms. The van der Waals surface area contributed by atoms with Crippen LogP contribution in [0.2, 0.25) is 5.02 Å². The Morgan fingerprint density at radius 3 is 2.63 bits per heavy atom. The Labute approximate surface area is 307 Å². The monoisotopic (exact) mass is 742 g/mol. The standard InChI is InChI=1S/C38H51ClN4O7S/c1-4-43-19-7-9-34(50-37(45)40-30-16-20-48-21-17-30)32-14-11-27(32)24-42-18-6-5-8-26-22-29(39)12-10-28(26)25-49-35-15-13-31(23-33(35)42)51(46,47)41-36(44)38(43,2)3/h7,9-10,12-13,15,22-23,27,30,32,34H,4-6,8,11,14,16-21,24-25H2,1-3H3,(H,40,45)(H,41,44)/b9-7+/t27-,32+,34-/m0/s1. The summed E-state index contributed by atoms with van der Waals surface area (Å²) in [6.07, 6.45) is 8.90. The summed E-state index contributed by atoms with van der Waals surface area (Å²) in [5, 5.41) is 3.73. The number of halogens is 1. The maximum absolute atomic E-state index is 13.8. The van der Waals surface area contributed by atoms with Gasteiger partial charge in [0.1, 0.15) is 18.5 Å². The van der Waals surface area contributed by atoms with E-state index in [1.165, 1.54) is 6.07 Å². The number of carbonyl (C=O) groups excluding carboxylic acids is 2. The number of alkyl carbamates (subject to hydrolysis) is 1. The summed E-state index contributed by atoms with van der Waals surface area (Å²) >= 11 is 6.36. The molecule has 11 nitrogen and oxygen atoms in total. The smallest absolute Gasteiger partial charge is 0.407 e. The van der Waals surface area contributed by atoms with E-state index >= 15 is 0 Å². The number of sulfonamides is 1. The zero-order chi connectivity index (χ0) is 36.2. The minimum Gasteiger partial charge on any atom is -0.487 e. The Balaban J connectivity index is 1.36. The van der Waals surface area contributed by atoms with Crippen LogP contribution in [0.3, 0.4) is 0 Å². The van der Waals surface area contributed by atoms with Crippen molar-refractivity contribution in [2.24, 2.45) is 11.8 Å². The summed E-state index contributed by atoms with van der Waals surface area (Å²) in [5.74, 6) is 0.159. The van der Waals surface area contributed by atoms with Gasteiger partial charge >= 0.3 is 6.09 Å². The van der Waals surface area contributed by atoms with Gasteiger partial charge < -0.3 is 24.4 Å². The average Bonchev–Trinajstić information content (AvgIpc) is 3.11. The molecule has 1 aliphatic carbocycles. The molecule has 51 heavy (non-hydrogen) atoms. The molecule has 2 N–H and O–H groups in total. The number of benzene rings is 2. The molecule has 13 heteroatoms. The van der Waals surface area contributed by atoms with Crippen molar-refractivity contribution >= 4 is 39.3 Å². The van der Waals surface area contributed by atoms with E-state index in [4.69, 9.17) is 25.8 Å². The van der Waals surface area contributed by atoms with Crippen molar-refractivity contribution in [2.75, 3.05) is 44.3 Å². The van der Waals surface area contributed by atoms with Gasteiger partial charge in [-0.3, -0.25) is 9.69 Å². The van der Waals surface area contributed by atoms with Gasteiger partial charge in [-0.15, -0.1) is 0 Å². The van der Waals surface area contributed by atoms with Gasteiger partial charge in [0.2, 0.25) is 0 Å². The van der Waals surface area contributed by atoms with Gasteiger partial charge in [-0.1, -0.05) is 30.7 Å². The van der Waals surface area contributed by atoms with E-state index in [2.05, 4.69) is 14.9 Å². The highest BCUT2D eigenvalue weighted by molar-refractivity contribution is 7.90. The molecule has 2 fully saturated rings. The lowest BCUT2D eigenvalue weighted by atomic mass is 9.70. The Bertz CT molecular complexity index is 1710. The van der Waals surface area contributed by atoms with Crippen molar-refractivity contribution in [1.29, 1.82) is 0 Å². The van der Waals surface area contributed by atoms with Crippen molar-refractivity contribution in [3.8, 4) is 5.75 Å². The molecule has 3 aliphatic heterocycles. The van der Waals surface area contributed by atoms with Crippen LogP contribution in [0.25, 0.3) is 0 Å². The Morgan fingerprint density at radius 2 is 1.88 bits per heavy atom. The number of likely N-dealkylation sites (N-methyl/N-ethyl adjacent to an activating group) is 1.